The summed E-state index contributed by atoms with van der Waals surface area (Å²) in [5.74, 6) is 0. The Morgan fingerprint density at radius 3 is 2.00 bits per heavy atom. The van der Waals surface area contributed by atoms with Crippen LogP contribution in [0.4, 0.5) is 0 Å². The zero-order valence-electron chi connectivity index (χ0n) is 6.51. The summed E-state index contributed by atoms with van der Waals surface area (Å²) in [7, 11) is 2.07. The van der Waals surface area contributed by atoms with E-state index in [-0.39, 0.29) is 0 Å². The normalized spacial score (nSPS) is 19.5. The summed E-state index contributed by atoms with van der Waals surface area (Å²) in [6, 6.07) is 0.837. The average molecular weight is 163 g/mol. The van der Waals surface area contributed by atoms with Crippen molar-refractivity contribution in [3.05, 3.63) is 0 Å². The van der Waals surface area contributed by atoms with Gasteiger partial charge >= 0.3 is 0 Å². The summed E-state index contributed by atoms with van der Waals surface area (Å²) in [5.41, 5.74) is 0. The Morgan fingerprint density at radius 2 is 1.70 bits per heavy atom. The van der Waals surface area contributed by atoms with Gasteiger partial charge in [0, 0.05) is 6.04 Å². The van der Waals surface area contributed by atoms with E-state index in [1.807, 2.05) is 0 Å². The molecule has 0 aliphatic heterocycles. The van der Waals surface area contributed by atoms with Crippen LogP contribution in [0.15, 0.2) is 0 Å². The van der Waals surface area contributed by atoms with Crippen molar-refractivity contribution >= 4 is 12.9 Å². The molecule has 0 radical (unpaired) electrons. The van der Waals surface area contributed by atoms with Gasteiger partial charge in [-0.2, -0.15) is 0 Å². The lowest BCUT2D eigenvalue weighted by molar-refractivity contribution is 0.394. The first-order chi connectivity index (χ1) is 4.93. The van der Waals surface area contributed by atoms with Gasteiger partial charge in [0.05, 0.1) is 0 Å². The fourth-order valence-corrected chi connectivity index (χ4v) is 1.39. The van der Waals surface area contributed by atoms with E-state index in [4.69, 9.17) is 4.55 Å². The van der Waals surface area contributed by atoms with Crippen LogP contribution < -0.4 is 5.32 Å². The van der Waals surface area contributed by atoms with E-state index >= 15 is 0 Å². The minimum Gasteiger partial charge on any atom is -0.333 e. The molecule has 10 heavy (non-hydrogen) atoms. The molecule has 2 N–H and O–H groups in total. The van der Waals surface area contributed by atoms with E-state index in [1.165, 1.54) is 32.1 Å². The summed E-state index contributed by atoms with van der Waals surface area (Å²) in [4.78, 5) is 0. The molecule has 1 rings (SSSR count). The number of hydrogen-bond donors (Lipinski definition) is 3. The van der Waals surface area contributed by atoms with Crippen molar-refractivity contribution < 1.29 is 4.55 Å². The third-order valence-corrected chi connectivity index (χ3v) is 2.01. The Morgan fingerprint density at radius 1 is 1.20 bits per heavy atom. The summed E-state index contributed by atoms with van der Waals surface area (Å²) >= 11 is 2.53. The van der Waals surface area contributed by atoms with Crippen molar-refractivity contribution in [2.45, 2.75) is 38.1 Å². The van der Waals surface area contributed by atoms with E-state index in [2.05, 4.69) is 25.3 Å². The standard InChI is InChI=1S/C7H15N.H2OS/c1-8-7-5-3-2-4-6-7;1-2/h7-8H,2-6H2,1H3;1-2H. The molecule has 1 aliphatic rings. The quantitative estimate of drug-likeness (QED) is 0.407. The molecule has 0 amide bonds. The first-order valence-electron chi connectivity index (χ1n) is 3.81. The van der Waals surface area contributed by atoms with Crippen molar-refractivity contribution in [3.63, 3.8) is 0 Å². The van der Waals surface area contributed by atoms with Crippen LogP contribution in [0.3, 0.4) is 0 Å². The van der Waals surface area contributed by atoms with E-state index in [9.17, 15) is 0 Å². The zero-order chi connectivity index (χ0) is 7.82. The third kappa shape index (κ3) is 4.14. The maximum atomic E-state index is 6.69. The predicted molar refractivity (Wildman–Crippen MR) is 47.5 cm³/mol. The number of nitrogens with one attached hydrogen (secondary N) is 1. The SMILES string of the molecule is CNC1CCCCC1.OS. The minimum atomic E-state index is 0.837. The second-order valence-electron chi connectivity index (χ2n) is 2.62. The molecule has 0 aromatic carbocycles. The van der Waals surface area contributed by atoms with Crippen LogP contribution in [0.5, 0.6) is 0 Å². The molecule has 0 atom stereocenters. The largest absolute Gasteiger partial charge is 0.333 e. The molecule has 3 heteroatoms. The van der Waals surface area contributed by atoms with Crippen molar-refractivity contribution in [2.24, 2.45) is 0 Å². The summed E-state index contributed by atoms with van der Waals surface area (Å²) < 4.78 is 6.69. The van der Waals surface area contributed by atoms with Gasteiger partial charge in [0.15, 0.2) is 0 Å². The van der Waals surface area contributed by atoms with E-state index in [0.717, 1.165) is 6.04 Å². The van der Waals surface area contributed by atoms with Crippen LogP contribution in [-0.2, 0) is 0 Å². The minimum absolute atomic E-state index is 0.837. The number of hydrogen-bond acceptors (Lipinski definition) is 3. The van der Waals surface area contributed by atoms with Crippen molar-refractivity contribution in [1.82, 2.24) is 5.32 Å². The van der Waals surface area contributed by atoms with Gasteiger partial charge in [0.25, 0.3) is 0 Å². The van der Waals surface area contributed by atoms with E-state index in [1.54, 1.807) is 0 Å². The molecule has 0 saturated heterocycles. The number of rotatable bonds is 1. The van der Waals surface area contributed by atoms with Crippen LogP contribution >= 0.6 is 12.9 Å². The van der Waals surface area contributed by atoms with Crippen molar-refractivity contribution in [3.8, 4) is 0 Å². The lowest BCUT2D eigenvalue weighted by Gasteiger charge is -2.20. The molecule has 0 unspecified atom stereocenters. The van der Waals surface area contributed by atoms with Crippen LogP contribution in [0, 0.1) is 0 Å². The molecule has 0 spiro atoms. The van der Waals surface area contributed by atoms with E-state index < -0.39 is 0 Å². The van der Waals surface area contributed by atoms with Gasteiger partial charge in [-0.05, 0) is 32.8 Å². The molecule has 0 aromatic heterocycles. The highest BCUT2D eigenvalue weighted by Crippen LogP contribution is 2.16. The number of thiol groups is 1. The zero-order valence-corrected chi connectivity index (χ0v) is 7.40. The molecule has 1 saturated carbocycles. The second-order valence-corrected chi connectivity index (χ2v) is 2.62. The van der Waals surface area contributed by atoms with Gasteiger partial charge in [-0.25, -0.2) is 0 Å². The lowest BCUT2D eigenvalue weighted by atomic mass is 9.96. The Hall–Kier alpha value is 0.270. The molecule has 62 valence electrons. The van der Waals surface area contributed by atoms with Crippen LogP contribution in [-0.4, -0.2) is 17.6 Å². The highest BCUT2D eigenvalue weighted by Gasteiger charge is 2.09. The van der Waals surface area contributed by atoms with Crippen LogP contribution in [0.1, 0.15) is 32.1 Å². The molecule has 0 aromatic rings. The maximum absolute atomic E-state index is 6.69. The smallest absolute Gasteiger partial charge is 0.00640 e. The monoisotopic (exact) mass is 163 g/mol. The van der Waals surface area contributed by atoms with Gasteiger partial charge in [-0.3, -0.25) is 0 Å². The highest BCUT2D eigenvalue weighted by molar-refractivity contribution is 7.74. The topological polar surface area (TPSA) is 32.3 Å². The molecular formula is C7H17NOS. The Kier molecular flexibility index (Phi) is 7.58. The maximum Gasteiger partial charge on any atom is 0.00640 e. The fraction of sp³-hybridized carbons (Fsp3) is 1.00. The summed E-state index contributed by atoms with van der Waals surface area (Å²) in [6.45, 7) is 0. The fourth-order valence-electron chi connectivity index (χ4n) is 1.39. The van der Waals surface area contributed by atoms with E-state index in [0.29, 0.717) is 0 Å². The molecular weight excluding hydrogens is 146 g/mol. The van der Waals surface area contributed by atoms with Crippen molar-refractivity contribution in [2.75, 3.05) is 7.05 Å². The van der Waals surface area contributed by atoms with Gasteiger partial charge in [0.1, 0.15) is 0 Å². The first-order valence-corrected chi connectivity index (χ1v) is 4.21. The third-order valence-electron chi connectivity index (χ3n) is 2.01. The van der Waals surface area contributed by atoms with Crippen LogP contribution in [0.25, 0.3) is 0 Å². The van der Waals surface area contributed by atoms with Gasteiger partial charge in [-0.1, -0.05) is 19.3 Å². The molecule has 2 nitrogen and oxygen atoms in total. The van der Waals surface area contributed by atoms with Crippen LogP contribution in [0.2, 0.25) is 0 Å². The average Bonchev–Trinajstić information content (AvgIpc) is 2.10. The Bertz CT molecular complexity index is 64.6. The molecule has 1 aliphatic carbocycles. The molecule has 0 heterocycles. The summed E-state index contributed by atoms with van der Waals surface area (Å²) in [6.07, 6.45) is 7.13. The highest BCUT2D eigenvalue weighted by atomic mass is 32.1. The predicted octanol–water partition coefficient (Wildman–Crippen LogP) is 1.93. The Labute approximate surface area is 68.6 Å². The summed E-state index contributed by atoms with van der Waals surface area (Å²) in [5, 5.41) is 3.30. The lowest BCUT2D eigenvalue weighted by Crippen LogP contribution is -2.26. The molecule has 1 fully saturated rings. The Balaban J connectivity index is 0.000000371. The molecule has 0 bridgehead atoms. The van der Waals surface area contributed by atoms with Crippen molar-refractivity contribution in [1.29, 1.82) is 0 Å². The first kappa shape index (κ1) is 10.3. The van der Waals surface area contributed by atoms with Gasteiger partial charge < -0.3 is 9.87 Å². The van der Waals surface area contributed by atoms with Gasteiger partial charge in [0.2, 0.25) is 0 Å². The van der Waals surface area contributed by atoms with Gasteiger partial charge in [-0.15, -0.1) is 0 Å². The second kappa shape index (κ2) is 7.38.